The molecule has 0 radical (unpaired) electrons. The summed E-state index contributed by atoms with van der Waals surface area (Å²) in [6, 6.07) is 0. The molecular weight excluding hydrogens is 382 g/mol. The number of rotatable bonds is 4. The van der Waals surface area contributed by atoms with Crippen LogP contribution in [0.5, 0.6) is 0 Å². The number of carbonyl (C=O) groups excluding carboxylic acids is 1. The molecule has 0 aromatic rings. The van der Waals surface area contributed by atoms with Gasteiger partial charge in [0, 0.05) is 30.6 Å². The summed E-state index contributed by atoms with van der Waals surface area (Å²) in [5.74, 6) is -0.762. The molecule has 2 saturated heterocycles. The van der Waals surface area contributed by atoms with Crippen molar-refractivity contribution >= 4 is 52.3 Å². The Morgan fingerprint density at radius 3 is 2.80 bits per heavy atom. The summed E-state index contributed by atoms with van der Waals surface area (Å²) in [5, 5.41) is 20.4. The summed E-state index contributed by atoms with van der Waals surface area (Å²) < 4.78 is 0.692. The smallest absolute Gasteiger partial charge is 0.354 e. The van der Waals surface area contributed by atoms with Gasteiger partial charge in [-0.3, -0.25) is 14.7 Å². The molecule has 7 nitrogen and oxygen atoms in total. The number of thioether (sulfide) groups is 3. The Bertz CT molecular complexity index is 675. The summed E-state index contributed by atoms with van der Waals surface area (Å²) in [6.45, 7) is 4.18. The number of aliphatic carboxylic acids is 1. The summed E-state index contributed by atoms with van der Waals surface area (Å²) in [7, 11) is 0. The Kier molecular flexibility index (Phi) is 4.72. The number of aliphatic hydroxyl groups excluding tert-OH is 1. The van der Waals surface area contributed by atoms with Crippen LogP contribution in [0.4, 0.5) is 0 Å². The number of amidine groups is 1. The van der Waals surface area contributed by atoms with Crippen molar-refractivity contribution in [1.82, 2.24) is 9.80 Å². The van der Waals surface area contributed by atoms with Crippen molar-refractivity contribution in [1.29, 1.82) is 0 Å². The Labute approximate surface area is 158 Å². The minimum atomic E-state index is -1.07. The van der Waals surface area contributed by atoms with E-state index in [1.807, 2.05) is 0 Å². The maximum Gasteiger partial charge on any atom is 0.354 e. The van der Waals surface area contributed by atoms with Gasteiger partial charge < -0.3 is 15.1 Å². The fourth-order valence-electron chi connectivity index (χ4n) is 3.29. The van der Waals surface area contributed by atoms with Crippen molar-refractivity contribution < 1.29 is 19.8 Å². The number of nitrogens with zero attached hydrogens (tertiary/aromatic N) is 3. The molecule has 3 atom stereocenters. The second-order valence-corrected chi connectivity index (χ2v) is 10.2. The van der Waals surface area contributed by atoms with Crippen LogP contribution in [0.15, 0.2) is 14.9 Å². The van der Waals surface area contributed by atoms with E-state index in [2.05, 4.69) is 9.89 Å². The molecule has 25 heavy (non-hydrogen) atoms. The van der Waals surface area contributed by atoms with Gasteiger partial charge in [0.25, 0.3) is 0 Å². The number of aliphatic imine (C=N–C) groups is 1. The number of carboxylic acids is 1. The molecule has 0 aliphatic carbocycles. The molecular formula is C15H19N3O4S3. The van der Waals surface area contributed by atoms with E-state index >= 15 is 0 Å². The molecule has 0 saturated carbocycles. The summed E-state index contributed by atoms with van der Waals surface area (Å²) >= 11 is 4.73. The fraction of sp³-hybridized carbons (Fsp3) is 0.667. The average Bonchev–Trinajstić information content (AvgIpc) is 2.85. The van der Waals surface area contributed by atoms with Crippen LogP contribution in [0.1, 0.15) is 13.3 Å². The number of hydrogen-bond donors (Lipinski definition) is 2. The Morgan fingerprint density at radius 1 is 1.44 bits per heavy atom. The van der Waals surface area contributed by atoms with Crippen molar-refractivity contribution in [2.24, 2.45) is 10.9 Å². The molecule has 1 amide bonds. The van der Waals surface area contributed by atoms with Gasteiger partial charge in [0.05, 0.1) is 16.3 Å². The van der Waals surface area contributed by atoms with E-state index in [0.29, 0.717) is 9.49 Å². The first kappa shape index (κ1) is 17.6. The first-order chi connectivity index (χ1) is 12.0. The zero-order chi connectivity index (χ0) is 17.7. The SMILES string of the molecule is C[C@@H](O)[C@H]1C(=O)N2C(C(=O)O)=C(SC3CN(C4=NCCCS4)C3)S[C@H]12. The van der Waals surface area contributed by atoms with Crippen LogP contribution in [0.2, 0.25) is 0 Å². The minimum Gasteiger partial charge on any atom is -0.477 e. The zero-order valence-electron chi connectivity index (χ0n) is 13.6. The van der Waals surface area contributed by atoms with E-state index in [1.54, 1.807) is 30.4 Å². The molecule has 136 valence electrons. The van der Waals surface area contributed by atoms with E-state index in [-0.39, 0.29) is 17.0 Å². The van der Waals surface area contributed by atoms with Gasteiger partial charge in [-0.2, -0.15) is 0 Å². The molecule has 0 aromatic carbocycles. The summed E-state index contributed by atoms with van der Waals surface area (Å²) in [6.07, 6.45) is 0.364. The van der Waals surface area contributed by atoms with Gasteiger partial charge >= 0.3 is 5.97 Å². The minimum absolute atomic E-state index is 0.0877. The van der Waals surface area contributed by atoms with Gasteiger partial charge in [-0.25, -0.2) is 4.79 Å². The molecule has 0 aromatic heterocycles. The largest absolute Gasteiger partial charge is 0.477 e. The number of aliphatic hydroxyl groups is 1. The van der Waals surface area contributed by atoms with E-state index in [0.717, 1.165) is 37.0 Å². The lowest BCUT2D eigenvalue weighted by Crippen LogP contribution is -2.60. The predicted molar refractivity (Wildman–Crippen MR) is 100 cm³/mol. The van der Waals surface area contributed by atoms with E-state index in [1.165, 1.54) is 16.7 Å². The van der Waals surface area contributed by atoms with E-state index < -0.39 is 18.0 Å². The van der Waals surface area contributed by atoms with Crippen LogP contribution < -0.4 is 0 Å². The highest BCUT2D eigenvalue weighted by Crippen LogP contribution is 2.55. The standard InChI is InChI=1S/C15H19N3O4S3/c1-7(19)9-11(20)18-10(13(21)22)14(25-12(9)18)24-8-5-17(6-8)15-16-3-2-4-23-15/h7-9,12,19H,2-6H2,1H3,(H,21,22)/t7-,9+,12-/m1/s1. The highest BCUT2D eigenvalue weighted by Gasteiger charge is 2.58. The summed E-state index contributed by atoms with van der Waals surface area (Å²) in [4.78, 5) is 32.0. The van der Waals surface area contributed by atoms with Crippen LogP contribution in [-0.2, 0) is 9.59 Å². The van der Waals surface area contributed by atoms with Crippen molar-refractivity contribution in [3.05, 3.63) is 9.93 Å². The van der Waals surface area contributed by atoms with Gasteiger partial charge in [0.1, 0.15) is 5.37 Å². The third kappa shape index (κ3) is 2.96. The van der Waals surface area contributed by atoms with Gasteiger partial charge in [0.2, 0.25) is 5.91 Å². The van der Waals surface area contributed by atoms with Crippen molar-refractivity contribution in [3.8, 4) is 0 Å². The Balaban J connectivity index is 1.42. The summed E-state index contributed by atoms with van der Waals surface area (Å²) in [5.41, 5.74) is 0.0877. The topological polar surface area (TPSA) is 93.4 Å². The van der Waals surface area contributed by atoms with Crippen LogP contribution >= 0.6 is 35.3 Å². The number of carboxylic acid groups (broad SMARTS) is 1. The predicted octanol–water partition coefficient (Wildman–Crippen LogP) is 1.06. The molecule has 2 N–H and O–H groups in total. The van der Waals surface area contributed by atoms with E-state index in [9.17, 15) is 19.8 Å². The lowest BCUT2D eigenvalue weighted by molar-refractivity contribution is -0.156. The zero-order valence-corrected chi connectivity index (χ0v) is 16.1. The normalized spacial score (nSPS) is 30.6. The molecule has 4 aliphatic heterocycles. The van der Waals surface area contributed by atoms with E-state index in [4.69, 9.17) is 0 Å². The second kappa shape index (κ2) is 6.71. The number of hydrogen-bond acceptors (Lipinski definition) is 8. The van der Waals surface area contributed by atoms with Crippen LogP contribution in [0.25, 0.3) is 0 Å². The lowest BCUT2D eigenvalue weighted by Gasteiger charge is -2.43. The Morgan fingerprint density at radius 2 is 2.20 bits per heavy atom. The third-order valence-corrected chi connectivity index (χ3v) is 8.55. The fourth-order valence-corrected chi connectivity index (χ4v) is 7.62. The molecule has 4 rings (SSSR count). The maximum absolute atomic E-state index is 12.2. The number of amides is 1. The monoisotopic (exact) mass is 401 g/mol. The van der Waals surface area contributed by atoms with Gasteiger partial charge in [-0.1, -0.05) is 23.5 Å². The molecule has 0 spiro atoms. The first-order valence-corrected chi connectivity index (χ1v) is 11.0. The lowest BCUT2D eigenvalue weighted by atomic mass is 9.92. The van der Waals surface area contributed by atoms with Gasteiger partial charge in [-0.05, 0) is 13.3 Å². The Hall–Kier alpha value is -0.840. The molecule has 2 fully saturated rings. The van der Waals surface area contributed by atoms with Crippen molar-refractivity contribution in [3.63, 3.8) is 0 Å². The van der Waals surface area contributed by atoms with Gasteiger partial charge in [0.15, 0.2) is 10.9 Å². The van der Waals surface area contributed by atoms with Crippen LogP contribution in [0.3, 0.4) is 0 Å². The number of β-lactam (4-membered cyclic amide) rings is 1. The molecule has 0 unspecified atom stereocenters. The van der Waals surface area contributed by atoms with Crippen LogP contribution in [0, 0.1) is 5.92 Å². The highest BCUT2D eigenvalue weighted by molar-refractivity contribution is 8.23. The van der Waals surface area contributed by atoms with Gasteiger partial charge in [-0.15, -0.1) is 11.8 Å². The first-order valence-electron chi connectivity index (χ1n) is 8.21. The highest BCUT2D eigenvalue weighted by atomic mass is 32.2. The second-order valence-electron chi connectivity index (χ2n) is 6.44. The quantitative estimate of drug-likeness (QED) is 0.676. The van der Waals surface area contributed by atoms with Crippen molar-refractivity contribution in [2.75, 3.05) is 25.4 Å². The molecule has 4 aliphatic rings. The number of carbonyl (C=O) groups is 2. The number of fused-ring (bicyclic) bond motifs is 1. The van der Waals surface area contributed by atoms with Crippen molar-refractivity contribution in [2.45, 2.75) is 30.1 Å². The molecule has 10 heteroatoms. The maximum atomic E-state index is 12.2. The molecule has 0 bridgehead atoms. The third-order valence-electron chi connectivity index (χ3n) is 4.64. The molecule has 4 heterocycles. The average molecular weight is 402 g/mol. The number of likely N-dealkylation sites (tertiary alicyclic amines) is 1. The van der Waals surface area contributed by atoms with Crippen LogP contribution in [-0.4, -0.2) is 79.2 Å².